The quantitative estimate of drug-likeness (QED) is 0.594. The minimum absolute atomic E-state index is 0.330. The number of carbonyl (C=O) groups is 1. The lowest BCUT2D eigenvalue weighted by Gasteiger charge is -2.05. The summed E-state index contributed by atoms with van der Waals surface area (Å²) >= 11 is 4.33. The van der Waals surface area contributed by atoms with E-state index >= 15 is 0 Å². The molecule has 21 heavy (non-hydrogen) atoms. The number of hydrogen-bond acceptors (Lipinski definition) is 4. The van der Waals surface area contributed by atoms with E-state index in [1.165, 1.54) is 0 Å². The van der Waals surface area contributed by atoms with Crippen molar-refractivity contribution in [3.63, 3.8) is 0 Å². The predicted molar refractivity (Wildman–Crippen MR) is 85.5 cm³/mol. The number of fused-ring (bicyclic) bond motifs is 1. The lowest BCUT2D eigenvalue weighted by molar-refractivity contribution is 0.0526. The Morgan fingerprint density at radius 3 is 2.95 bits per heavy atom. The molecule has 0 saturated heterocycles. The molecule has 106 valence electrons. The third kappa shape index (κ3) is 2.64. The highest BCUT2D eigenvalue weighted by molar-refractivity contribution is 7.78. The molecule has 2 aromatic heterocycles. The van der Waals surface area contributed by atoms with Gasteiger partial charge in [-0.15, -0.1) is 0 Å². The molecule has 0 aliphatic heterocycles. The first kappa shape index (κ1) is 13.7. The molecular weight excluding hydrogens is 284 g/mol. The molecule has 2 heterocycles. The van der Waals surface area contributed by atoms with Gasteiger partial charge in [-0.25, -0.2) is 4.79 Å². The van der Waals surface area contributed by atoms with Crippen LogP contribution < -0.4 is 0 Å². The smallest absolute Gasteiger partial charge is 0.338 e. The Morgan fingerprint density at radius 1 is 1.29 bits per heavy atom. The summed E-state index contributed by atoms with van der Waals surface area (Å²) in [6.07, 6.45) is 3.51. The Balaban J connectivity index is 2.01. The number of nitrogens with zero attached hydrogens (tertiary/aromatic N) is 2. The van der Waals surface area contributed by atoms with E-state index in [-0.39, 0.29) is 5.97 Å². The minimum atomic E-state index is -0.330. The number of aromatic nitrogens is 2. The van der Waals surface area contributed by atoms with Crippen molar-refractivity contribution >= 4 is 29.7 Å². The van der Waals surface area contributed by atoms with Crippen molar-refractivity contribution in [2.75, 3.05) is 6.61 Å². The average Bonchev–Trinajstić information content (AvgIpc) is 2.88. The van der Waals surface area contributed by atoms with Gasteiger partial charge in [0.15, 0.2) is 0 Å². The lowest BCUT2D eigenvalue weighted by Crippen LogP contribution is -2.04. The van der Waals surface area contributed by atoms with Crippen molar-refractivity contribution in [3.8, 4) is 11.3 Å². The maximum Gasteiger partial charge on any atom is 0.338 e. The van der Waals surface area contributed by atoms with Gasteiger partial charge in [0.1, 0.15) is 0 Å². The van der Waals surface area contributed by atoms with Gasteiger partial charge in [0.05, 0.1) is 23.4 Å². The first-order valence-corrected chi connectivity index (χ1v) is 7.03. The third-order valence-electron chi connectivity index (χ3n) is 3.24. The van der Waals surface area contributed by atoms with Crippen molar-refractivity contribution in [2.24, 2.45) is 0 Å². The number of pyridine rings is 1. The molecule has 0 aliphatic rings. The van der Waals surface area contributed by atoms with Gasteiger partial charge in [0.2, 0.25) is 0 Å². The van der Waals surface area contributed by atoms with Gasteiger partial charge in [-0.05, 0) is 37.3 Å². The molecule has 0 amide bonds. The molecule has 0 radical (unpaired) electrons. The van der Waals surface area contributed by atoms with Gasteiger partial charge in [-0.3, -0.25) is 8.96 Å². The normalized spacial score (nSPS) is 10.8. The maximum atomic E-state index is 11.8. The summed E-state index contributed by atoms with van der Waals surface area (Å²) in [6, 6.07) is 11.4. The molecule has 0 unspecified atom stereocenters. The fraction of sp³-hybridized carbons (Fsp3) is 0.125. The molecule has 0 aliphatic carbocycles. The number of rotatable bonds is 3. The Kier molecular flexibility index (Phi) is 3.66. The van der Waals surface area contributed by atoms with Crippen LogP contribution in [0.1, 0.15) is 17.3 Å². The van der Waals surface area contributed by atoms with Crippen LogP contribution in [-0.4, -0.2) is 21.5 Å². The highest BCUT2D eigenvalue weighted by Gasteiger charge is 2.09. The number of esters is 1. The average molecular weight is 298 g/mol. The van der Waals surface area contributed by atoms with E-state index in [1.54, 1.807) is 29.2 Å². The molecule has 3 rings (SSSR count). The summed E-state index contributed by atoms with van der Waals surface area (Å²) in [7, 11) is 0. The summed E-state index contributed by atoms with van der Waals surface area (Å²) in [4.78, 5) is 16.1. The largest absolute Gasteiger partial charge is 0.462 e. The van der Waals surface area contributed by atoms with Crippen molar-refractivity contribution < 1.29 is 9.53 Å². The second-order valence-electron chi connectivity index (χ2n) is 4.58. The van der Waals surface area contributed by atoms with E-state index in [0.717, 1.165) is 22.2 Å². The van der Waals surface area contributed by atoms with Crippen molar-refractivity contribution in [1.82, 2.24) is 8.96 Å². The van der Waals surface area contributed by atoms with E-state index < -0.39 is 0 Å². The number of benzene rings is 1. The summed E-state index contributed by atoms with van der Waals surface area (Å²) < 4.78 is 6.78. The molecule has 0 bridgehead atoms. The number of hydrogen-bond donors (Lipinski definition) is 1. The molecule has 1 aromatic carbocycles. The first-order chi connectivity index (χ1) is 10.2. The summed E-state index contributed by atoms with van der Waals surface area (Å²) in [6.45, 7) is 2.15. The van der Waals surface area contributed by atoms with Crippen LogP contribution in [0.3, 0.4) is 0 Å². The van der Waals surface area contributed by atoms with E-state index in [0.29, 0.717) is 12.2 Å². The van der Waals surface area contributed by atoms with Gasteiger partial charge in [-0.1, -0.05) is 18.9 Å². The highest BCUT2D eigenvalue weighted by Crippen LogP contribution is 2.25. The van der Waals surface area contributed by atoms with Crippen LogP contribution in [0.15, 0.2) is 48.8 Å². The summed E-state index contributed by atoms with van der Waals surface area (Å²) in [5, 5.41) is 1.07. The van der Waals surface area contributed by atoms with Crippen molar-refractivity contribution in [3.05, 3.63) is 54.4 Å². The lowest BCUT2D eigenvalue weighted by atomic mass is 10.1. The monoisotopic (exact) mass is 298 g/mol. The molecule has 0 N–H and O–H groups in total. The van der Waals surface area contributed by atoms with E-state index in [1.807, 2.05) is 30.5 Å². The van der Waals surface area contributed by atoms with E-state index in [4.69, 9.17) is 4.74 Å². The molecular formula is C16H14N2O2S. The molecule has 4 nitrogen and oxygen atoms in total. The molecule has 3 aromatic rings. The van der Waals surface area contributed by atoms with Gasteiger partial charge >= 0.3 is 5.97 Å². The zero-order valence-corrected chi connectivity index (χ0v) is 12.4. The first-order valence-electron chi connectivity index (χ1n) is 6.63. The second-order valence-corrected chi connectivity index (χ2v) is 5.02. The molecule has 5 heteroatoms. The zero-order chi connectivity index (χ0) is 14.8. The van der Waals surface area contributed by atoms with Crippen LogP contribution in [-0.2, 0) is 4.74 Å². The van der Waals surface area contributed by atoms with Crippen LogP contribution in [0.5, 0.6) is 0 Å². The Hall–Kier alpha value is -2.27. The van der Waals surface area contributed by atoms with Crippen LogP contribution >= 0.6 is 12.8 Å². The Bertz CT molecular complexity index is 811. The van der Waals surface area contributed by atoms with Gasteiger partial charge < -0.3 is 4.74 Å². The van der Waals surface area contributed by atoms with Crippen LogP contribution in [0.25, 0.3) is 22.2 Å². The van der Waals surface area contributed by atoms with Gasteiger partial charge in [-0.2, -0.15) is 0 Å². The van der Waals surface area contributed by atoms with Gasteiger partial charge in [0, 0.05) is 23.3 Å². The second kappa shape index (κ2) is 5.61. The fourth-order valence-corrected chi connectivity index (χ4v) is 2.47. The summed E-state index contributed by atoms with van der Waals surface area (Å²) in [5.74, 6) is -0.330. The summed E-state index contributed by atoms with van der Waals surface area (Å²) in [5.41, 5.74) is 3.24. The Labute approximate surface area is 127 Å². The third-order valence-corrected chi connectivity index (χ3v) is 3.59. The highest BCUT2D eigenvalue weighted by atomic mass is 32.1. The maximum absolute atomic E-state index is 11.8. The van der Waals surface area contributed by atoms with Crippen molar-refractivity contribution in [1.29, 1.82) is 0 Å². The topological polar surface area (TPSA) is 44.1 Å². The number of carbonyl (C=O) groups excluding carboxylic acids is 1. The SMILES string of the molecule is CCOC(=O)c1ccnc(-c2ccc3c(ccn3S)c2)c1. The zero-order valence-electron chi connectivity index (χ0n) is 11.5. The fourth-order valence-electron chi connectivity index (χ4n) is 2.22. The van der Waals surface area contributed by atoms with E-state index in [9.17, 15) is 4.79 Å². The molecule has 0 fully saturated rings. The molecule has 0 saturated carbocycles. The molecule has 0 atom stereocenters. The van der Waals surface area contributed by atoms with Crippen LogP contribution in [0.4, 0.5) is 0 Å². The van der Waals surface area contributed by atoms with Crippen LogP contribution in [0.2, 0.25) is 0 Å². The van der Waals surface area contributed by atoms with Gasteiger partial charge in [0.25, 0.3) is 0 Å². The van der Waals surface area contributed by atoms with E-state index in [2.05, 4.69) is 17.8 Å². The minimum Gasteiger partial charge on any atom is -0.462 e. The van der Waals surface area contributed by atoms with Crippen LogP contribution in [0, 0.1) is 0 Å². The standard InChI is InChI=1S/C16H14N2O2S/c1-2-20-16(19)13-5-7-17-14(10-13)11-3-4-15-12(9-11)6-8-18(15)21/h3-10,21H,2H2,1H3. The number of ether oxygens (including phenoxy) is 1. The number of thiol groups is 1. The Morgan fingerprint density at radius 2 is 2.14 bits per heavy atom. The van der Waals surface area contributed by atoms with Crippen molar-refractivity contribution in [2.45, 2.75) is 6.92 Å². The predicted octanol–water partition coefficient (Wildman–Crippen LogP) is 3.57. The molecule has 0 spiro atoms.